The molecule has 0 fully saturated rings. The van der Waals surface area contributed by atoms with Crippen LogP contribution in [0.1, 0.15) is 13.8 Å². The summed E-state index contributed by atoms with van der Waals surface area (Å²) in [4.78, 5) is 13.4. The fraction of sp³-hybridized carbons (Fsp3) is 0.417. The molecule has 4 heteroatoms. The lowest BCUT2D eigenvalue weighted by Gasteiger charge is -2.18. The van der Waals surface area contributed by atoms with Crippen LogP contribution >= 0.6 is 15.9 Å². The summed E-state index contributed by atoms with van der Waals surface area (Å²) < 4.78 is 6.36. The predicted octanol–water partition coefficient (Wildman–Crippen LogP) is 2.70. The average molecular weight is 286 g/mol. The Labute approximate surface area is 105 Å². The van der Waals surface area contributed by atoms with Gasteiger partial charge in [-0.2, -0.15) is 0 Å². The number of amides is 1. The molecule has 0 aromatic heterocycles. The number of halogens is 1. The molecule has 1 aromatic rings. The van der Waals surface area contributed by atoms with E-state index in [9.17, 15) is 4.79 Å². The molecule has 0 bridgehead atoms. The maximum absolute atomic E-state index is 11.7. The minimum absolute atomic E-state index is 0.0185. The van der Waals surface area contributed by atoms with Gasteiger partial charge in [0.25, 0.3) is 5.91 Å². The molecule has 0 aliphatic heterocycles. The van der Waals surface area contributed by atoms with Gasteiger partial charge < -0.3 is 9.64 Å². The maximum atomic E-state index is 11.7. The first-order valence-electron chi connectivity index (χ1n) is 5.33. The average Bonchev–Trinajstić information content (AvgIpc) is 2.28. The minimum Gasteiger partial charge on any atom is -0.484 e. The minimum atomic E-state index is 0.0185. The van der Waals surface area contributed by atoms with Crippen molar-refractivity contribution >= 4 is 21.8 Å². The normalized spacial score (nSPS) is 9.94. The van der Waals surface area contributed by atoms with Crippen LogP contribution in [-0.4, -0.2) is 30.5 Å². The molecule has 1 aromatic carbocycles. The third-order valence-corrected chi connectivity index (χ3v) is 2.77. The van der Waals surface area contributed by atoms with Crippen molar-refractivity contribution in [2.45, 2.75) is 13.8 Å². The molecular weight excluding hydrogens is 270 g/mol. The molecule has 88 valence electrons. The quantitative estimate of drug-likeness (QED) is 0.833. The van der Waals surface area contributed by atoms with Gasteiger partial charge in [-0.05, 0) is 32.0 Å². The molecule has 0 heterocycles. The molecular formula is C12H16BrNO2. The predicted molar refractivity (Wildman–Crippen MR) is 67.6 cm³/mol. The van der Waals surface area contributed by atoms with Gasteiger partial charge in [0.05, 0.1) is 0 Å². The van der Waals surface area contributed by atoms with Crippen LogP contribution in [0.5, 0.6) is 5.75 Å². The molecule has 0 spiro atoms. The van der Waals surface area contributed by atoms with Crippen LogP contribution in [0.15, 0.2) is 28.7 Å². The first-order chi connectivity index (χ1) is 7.67. The highest BCUT2D eigenvalue weighted by atomic mass is 79.9. The highest BCUT2D eigenvalue weighted by Crippen LogP contribution is 2.17. The van der Waals surface area contributed by atoms with Crippen molar-refractivity contribution in [1.82, 2.24) is 4.90 Å². The van der Waals surface area contributed by atoms with Gasteiger partial charge in [0, 0.05) is 17.6 Å². The zero-order valence-corrected chi connectivity index (χ0v) is 11.2. The summed E-state index contributed by atoms with van der Waals surface area (Å²) in [5.74, 6) is 0.722. The summed E-state index contributed by atoms with van der Waals surface area (Å²) in [7, 11) is 0. The van der Waals surface area contributed by atoms with Crippen molar-refractivity contribution in [3.8, 4) is 5.75 Å². The summed E-state index contributed by atoms with van der Waals surface area (Å²) >= 11 is 3.35. The summed E-state index contributed by atoms with van der Waals surface area (Å²) in [5.41, 5.74) is 0. The van der Waals surface area contributed by atoms with Crippen LogP contribution in [0.2, 0.25) is 0 Å². The van der Waals surface area contributed by atoms with E-state index in [2.05, 4.69) is 15.9 Å². The number of hydrogen-bond acceptors (Lipinski definition) is 2. The molecule has 1 rings (SSSR count). The molecule has 0 saturated heterocycles. The Hall–Kier alpha value is -1.03. The topological polar surface area (TPSA) is 29.5 Å². The van der Waals surface area contributed by atoms with Crippen molar-refractivity contribution in [2.24, 2.45) is 0 Å². The molecule has 1 amide bonds. The monoisotopic (exact) mass is 285 g/mol. The Morgan fingerprint density at radius 2 is 2.06 bits per heavy atom. The third-order valence-electron chi connectivity index (χ3n) is 2.27. The van der Waals surface area contributed by atoms with Gasteiger partial charge in [-0.15, -0.1) is 0 Å². The van der Waals surface area contributed by atoms with Crippen LogP contribution in [0.3, 0.4) is 0 Å². The van der Waals surface area contributed by atoms with E-state index in [4.69, 9.17) is 4.74 Å². The number of carbonyl (C=O) groups excluding carboxylic acids is 1. The van der Waals surface area contributed by atoms with E-state index in [0.717, 1.165) is 17.6 Å². The van der Waals surface area contributed by atoms with Gasteiger partial charge >= 0.3 is 0 Å². The molecule has 3 nitrogen and oxygen atoms in total. The number of benzene rings is 1. The van der Waals surface area contributed by atoms with E-state index < -0.39 is 0 Å². The van der Waals surface area contributed by atoms with Gasteiger partial charge in [0.2, 0.25) is 0 Å². The third kappa shape index (κ3) is 3.85. The number of hydrogen-bond donors (Lipinski definition) is 0. The first-order valence-corrected chi connectivity index (χ1v) is 6.12. The lowest BCUT2D eigenvalue weighted by atomic mass is 10.3. The number of rotatable bonds is 5. The smallest absolute Gasteiger partial charge is 0.260 e. The zero-order valence-electron chi connectivity index (χ0n) is 9.57. The highest BCUT2D eigenvalue weighted by Gasteiger charge is 2.09. The van der Waals surface area contributed by atoms with Crippen molar-refractivity contribution in [2.75, 3.05) is 19.7 Å². The van der Waals surface area contributed by atoms with Crippen molar-refractivity contribution in [3.05, 3.63) is 28.7 Å². The van der Waals surface area contributed by atoms with E-state index in [1.165, 1.54) is 0 Å². The molecule has 0 aliphatic carbocycles. The van der Waals surface area contributed by atoms with E-state index in [0.29, 0.717) is 5.75 Å². The molecule has 0 N–H and O–H groups in total. The Kier molecular flexibility index (Phi) is 5.32. The largest absolute Gasteiger partial charge is 0.484 e. The Bertz CT molecular complexity index is 351. The second-order valence-electron chi connectivity index (χ2n) is 3.31. The fourth-order valence-corrected chi connectivity index (χ4v) is 1.75. The van der Waals surface area contributed by atoms with Crippen LogP contribution in [-0.2, 0) is 4.79 Å². The van der Waals surface area contributed by atoms with Crippen LogP contribution < -0.4 is 4.74 Å². The first kappa shape index (κ1) is 13.0. The molecule has 0 unspecified atom stereocenters. The Morgan fingerprint density at radius 3 is 2.62 bits per heavy atom. The molecule has 16 heavy (non-hydrogen) atoms. The van der Waals surface area contributed by atoms with Crippen LogP contribution in [0.4, 0.5) is 0 Å². The number of ether oxygens (including phenoxy) is 1. The lowest BCUT2D eigenvalue weighted by Crippen LogP contribution is -2.34. The summed E-state index contributed by atoms with van der Waals surface area (Å²) in [6.07, 6.45) is 0. The summed E-state index contributed by atoms with van der Waals surface area (Å²) in [6.45, 7) is 5.45. The van der Waals surface area contributed by atoms with E-state index >= 15 is 0 Å². The fourth-order valence-electron chi connectivity index (χ4n) is 1.37. The van der Waals surface area contributed by atoms with Gasteiger partial charge in [0.15, 0.2) is 6.61 Å². The van der Waals surface area contributed by atoms with Gasteiger partial charge in [-0.1, -0.05) is 22.0 Å². The Balaban J connectivity index is 2.48. The maximum Gasteiger partial charge on any atom is 0.260 e. The van der Waals surface area contributed by atoms with E-state index in [1.807, 2.05) is 38.1 Å². The molecule has 0 radical (unpaired) electrons. The van der Waals surface area contributed by atoms with E-state index in [-0.39, 0.29) is 12.5 Å². The molecule has 0 atom stereocenters. The van der Waals surface area contributed by atoms with E-state index in [1.54, 1.807) is 4.90 Å². The lowest BCUT2D eigenvalue weighted by molar-refractivity contribution is -0.132. The van der Waals surface area contributed by atoms with Crippen molar-refractivity contribution < 1.29 is 9.53 Å². The van der Waals surface area contributed by atoms with Crippen LogP contribution in [0.25, 0.3) is 0 Å². The number of carbonyl (C=O) groups is 1. The number of likely N-dealkylation sites (N-methyl/N-ethyl adjacent to an activating group) is 1. The van der Waals surface area contributed by atoms with Crippen molar-refractivity contribution in [3.63, 3.8) is 0 Å². The second-order valence-corrected chi connectivity index (χ2v) is 4.23. The summed E-state index contributed by atoms with van der Waals surface area (Å²) in [6, 6.07) is 7.47. The SMILES string of the molecule is CCN(CC)C(=O)COc1cccc(Br)c1. The van der Waals surface area contributed by atoms with Crippen molar-refractivity contribution in [1.29, 1.82) is 0 Å². The Morgan fingerprint density at radius 1 is 1.38 bits per heavy atom. The van der Waals surface area contributed by atoms with Gasteiger partial charge in [-0.3, -0.25) is 4.79 Å². The zero-order chi connectivity index (χ0) is 12.0. The highest BCUT2D eigenvalue weighted by molar-refractivity contribution is 9.10. The summed E-state index contributed by atoms with van der Waals surface area (Å²) in [5, 5.41) is 0. The van der Waals surface area contributed by atoms with Gasteiger partial charge in [-0.25, -0.2) is 0 Å². The second kappa shape index (κ2) is 6.53. The molecule has 0 aliphatic rings. The molecule has 0 saturated carbocycles. The number of nitrogens with zero attached hydrogens (tertiary/aromatic N) is 1. The standard InChI is InChI=1S/C12H16BrNO2/c1-3-14(4-2)12(15)9-16-11-7-5-6-10(13)8-11/h5-8H,3-4,9H2,1-2H3. The van der Waals surface area contributed by atoms with Crippen LogP contribution in [0, 0.1) is 0 Å². The van der Waals surface area contributed by atoms with Gasteiger partial charge in [0.1, 0.15) is 5.75 Å².